The summed E-state index contributed by atoms with van der Waals surface area (Å²) in [7, 11) is 2.17. The Morgan fingerprint density at radius 3 is 3.10 bits per heavy atom. The van der Waals surface area contributed by atoms with Gasteiger partial charge in [0.25, 0.3) is 0 Å². The second-order valence-corrected chi connectivity index (χ2v) is 4.02. The van der Waals surface area contributed by atoms with Crippen LogP contribution in [-0.4, -0.2) is 30.6 Å². The Bertz CT molecular complexity index is 146. The lowest BCUT2D eigenvalue weighted by Gasteiger charge is -2.22. The summed E-state index contributed by atoms with van der Waals surface area (Å²) >= 11 is 0. The molecule has 0 aromatic carbocycles. The molecule has 0 bridgehead atoms. The van der Waals surface area contributed by atoms with Crippen LogP contribution in [0.1, 0.15) is 19.3 Å². The molecule has 58 valence electrons. The Labute approximate surface area is 62.4 Å². The predicted molar refractivity (Wildman–Crippen MR) is 41.8 cm³/mol. The molecule has 1 aliphatic heterocycles. The molecule has 2 heteroatoms. The van der Waals surface area contributed by atoms with Gasteiger partial charge in [0.1, 0.15) is 0 Å². The van der Waals surface area contributed by atoms with Gasteiger partial charge in [-0.1, -0.05) is 6.42 Å². The van der Waals surface area contributed by atoms with Crippen LogP contribution < -0.4 is 5.73 Å². The molecule has 2 N–H and O–H groups in total. The van der Waals surface area contributed by atoms with Gasteiger partial charge in [0, 0.05) is 18.6 Å². The highest BCUT2D eigenvalue weighted by Crippen LogP contribution is 2.38. The van der Waals surface area contributed by atoms with Crippen LogP contribution in [0.3, 0.4) is 0 Å². The van der Waals surface area contributed by atoms with Crippen LogP contribution in [0.25, 0.3) is 0 Å². The maximum Gasteiger partial charge on any atom is 0.0324 e. The standard InChI is InChI=1S/C8H16N2/c1-10-5-7-3-2-4-8(7,9)6-10/h7H,2-6,9H2,1H3/t7-,8?/m0/s1. The Balaban J connectivity index is 2.15. The van der Waals surface area contributed by atoms with Gasteiger partial charge in [0.05, 0.1) is 0 Å². The smallest absolute Gasteiger partial charge is 0.0324 e. The zero-order chi connectivity index (χ0) is 7.19. The van der Waals surface area contributed by atoms with E-state index in [1.54, 1.807) is 0 Å². The molecule has 0 aromatic rings. The van der Waals surface area contributed by atoms with Gasteiger partial charge < -0.3 is 10.6 Å². The summed E-state index contributed by atoms with van der Waals surface area (Å²) in [6.45, 7) is 2.36. The number of hydrogen-bond acceptors (Lipinski definition) is 2. The van der Waals surface area contributed by atoms with Gasteiger partial charge in [-0.15, -0.1) is 0 Å². The van der Waals surface area contributed by atoms with Crippen LogP contribution in [0.4, 0.5) is 0 Å². The van der Waals surface area contributed by atoms with Crippen molar-refractivity contribution in [3.63, 3.8) is 0 Å². The lowest BCUT2D eigenvalue weighted by molar-refractivity contribution is 0.361. The van der Waals surface area contributed by atoms with Crippen molar-refractivity contribution in [3.05, 3.63) is 0 Å². The van der Waals surface area contributed by atoms with E-state index in [9.17, 15) is 0 Å². The van der Waals surface area contributed by atoms with Gasteiger partial charge in [-0.05, 0) is 25.8 Å². The van der Waals surface area contributed by atoms with Crippen LogP contribution in [0.5, 0.6) is 0 Å². The van der Waals surface area contributed by atoms with Crippen molar-refractivity contribution in [2.24, 2.45) is 11.7 Å². The van der Waals surface area contributed by atoms with E-state index in [1.165, 1.54) is 25.8 Å². The Morgan fingerprint density at radius 2 is 2.40 bits per heavy atom. The van der Waals surface area contributed by atoms with Crippen LogP contribution in [0.15, 0.2) is 0 Å². The highest BCUT2D eigenvalue weighted by Gasteiger charge is 2.45. The van der Waals surface area contributed by atoms with Gasteiger partial charge in [-0.2, -0.15) is 0 Å². The number of nitrogens with zero attached hydrogens (tertiary/aromatic N) is 1. The second kappa shape index (κ2) is 1.95. The summed E-state index contributed by atoms with van der Waals surface area (Å²) in [4.78, 5) is 2.36. The monoisotopic (exact) mass is 140 g/mol. The van der Waals surface area contributed by atoms with Gasteiger partial charge in [0.15, 0.2) is 0 Å². The van der Waals surface area contributed by atoms with Crippen LogP contribution in [-0.2, 0) is 0 Å². The number of rotatable bonds is 0. The van der Waals surface area contributed by atoms with Crippen molar-refractivity contribution in [1.82, 2.24) is 4.90 Å². The van der Waals surface area contributed by atoms with E-state index in [2.05, 4.69) is 11.9 Å². The van der Waals surface area contributed by atoms with Gasteiger partial charge in [-0.25, -0.2) is 0 Å². The predicted octanol–water partition coefficient (Wildman–Crippen LogP) is 0.429. The van der Waals surface area contributed by atoms with Crippen molar-refractivity contribution in [1.29, 1.82) is 0 Å². The lowest BCUT2D eigenvalue weighted by Crippen LogP contribution is -2.43. The van der Waals surface area contributed by atoms with Crippen molar-refractivity contribution in [2.45, 2.75) is 24.8 Å². The van der Waals surface area contributed by atoms with Crippen LogP contribution >= 0.6 is 0 Å². The van der Waals surface area contributed by atoms with E-state index in [-0.39, 0.29) is 5.54 Å². The summed E-state index contributed by atoms with van der Waals surface area (Å²) in [6.07, 6.45) is 3.97. The molecular weight excluding hydrogens is 124 g/mol. The first kappa shape index (κ1) is 6.62. The minimum atomic E-state index is 0.203. The van der Waals surface area contributed by atoms with E-state index in [0.717, 1.165) is 12.5 Å². The highest BCUT2D eigenvalue weighted by atomic mass is 15.2. The first-order valence-corrected chi connectivity index (χ1v) is 4.18. The summed E-state index contributed by atoms with van der Waals surface area (Å²) < 4.78 is 0. The summed E-state index contributed by atoms with van der Waals surface area (Å²) in [5.41, 5.74) is 6.42. The van der Waals surface area contributed by atoms with E-state index in [4.69, 9.17) is 5.73 Å². The fraction of sp³-hybridized carbons (Fsp3) is 1.00. The Hall–Kier alpha value is -0.0800. The normalized spacial score (nSPS) is 48.0. The third-order valence-corrected chi connectivity index (χ3v) is 3.10. The molecule has 2 rings (SSSR count). The summed E-state index contributed by atoms with van der Waals surface area (Å²) in [5.74, 6) is 0.803. The quantitative estimate of drug-likeness (QED) is 0.528. The minimum Gasteiger partial charge on any atom is -0.324 e. The number of hydrogen-bond donors (Lipinski definition) is 1. The topological polar surface area (TPSA) is 29.3 Å². The molecule has 2 nitrogen and oxygen atoms in total. The average Bonchev–Trinajstić information content (AvgIpc) is 2.20. The number of likely N-dealkylation sites (tertiary alicyclic amines) is 1. The largest absolute Gasteiger partial charge is 0.324 e. The SMILES string of the molecule is CN1C[C@@H]2CCCC2(N)C1. The maximum atomic E-state index is 6.21. The van der Waals surface area contributed by atoms with Gasteiger partial charge in [0.2, 0.25) is 0 Å². The van der Waals surface area contributed by atoms with Crippen molar-refractivity contribution in [3.8, 4) is 0 Å². The zero-order valence-electron chi connectivity index (χ0n) is 6.64. The highest BCUT2D eigenvalue weighted by molar-refractivity contribution is 5.03. The van der Waals surface area contributed by atoms with E-state index < -0.39 is 0 Å². The molecule has 0 amide bonds. The van der Waals surface area contributed by atoms with E-state index in [0.29, 0.717) is 0 Å². The van der Waals surface area contributed by atoms with E-state index >= 15 is 0 Å². The van der Waals surface area contributed by atoms with Crippen molar-refractivity contribution >= 4 is 0 Å². The molecule has 0 aromatic heterocycles. The molecule has 1 unspecified atom stereocenters. The third-order valence-electron chi connectivity index (χ3n) is 3.10. The Kier molecular flexibility index (Phi) is 1.29. The molecule has 2 aliphatic rings. The molecule has 1 saturated heterocycles. The molecule has 2 atom stereocenters. The van der Waals surface area contributed by atoms with Crippen molar-refractivity contribution in [2.75, 3.05) is 20.1 Å². The minimum absolute atomic E-state index is 0.203. The fourth-order valence-electron chi connectivity index (χ4n) is 2.59. The Morgan fingerprint density at radius 1 is 1.60 bits per heavy atom. The summed E-state index contributed by atoms with van der Waals surface area (Å²) in [6, 6.07) is 0. The molecule has 0 radical (unpaired) electrons. The molecule has 1 heterocycles. The number of likely N-dealkylation sites (N-methyl/N-ethyl adjacent to an activating group) is 1. The van der Waals surface area contributed by atoms with E-state index in [1.807, 2.05) is 0 Å². The molecule has 2 fully saturated rings. The average molecular weight is 140 g/mol. The van der Waals surface area contributed by atoms with Crippen molar-refractivity contribution < 1.29 is 0 Å². The second-order valence-electron chi connectivity index (χ2n) is 4.02. The number of fused-ring (bicyclic) bond motifs is 1. The van der Waals surface area contributed by atoms with Gasteiger partial charge >= 0.3 is 0 Å². The van der Waals surface area contributed by atoms with Gasteiger partial charge in [-0.3, -0.25) is 0 Å². The first-order chi connectivity index (χ1) is 4.71. The summed E-state index contributed by atoms with van der Waals surface area (Å²) in [5, 5.41) is 0. The molecular formula is C8H16N2. The lowest BCUT2D eigenvalue weighted by atomic mass is 9.92. The van der Waals surface area contributed by atoms with Crippen LogP contribution in [0, 0.1) is 5.92 Å². The molecule has 1 saturated carbocycles. The maximum absolute atomic E-state index is 6.21. The fourth-order valence-corrected chi connectivity index (χ4v) is 2.59. The molecule has 0 spiro atoms. The first-order valence-electron chi connectivity index (χ1n) is 4.18. The third kappa shape index (κ3) is 0.789. The number of nitrogens with two attached hydrogens (primary N) is 1. The van der Waals surface area contributed by atoms with Crippen LogP contribution in [0.2, 0.25) is 0 Å². The zero-order valence-corrected chi connectivity index (χ0v) is 6.64. The molecule has 10 heavy (non-hydrogen) atoms. The molecule has 1 aliphatic carbocycles.